The molecular formula is C23H22N4O2. The zero-order chi connectivity index (χ0) is 20.0. The highest BCUT2D eigenvalue weighted by Crippen LogP contribution is 2.23. The van der Waals surface area contributed by atoms with Crippen LogP contribution in [0.4, 0.5) is 0 Å². The molecule has 0 unspecified atom stereocenters. The lowest BCUT2D eigenvalue weighted by atomic mass is 10.0. The Balaban J connectivity index is 1.65. The molecule has 1 fully saturated rings. The summed E-state index contributed by atoms with van der Waals surface area (Å²) in [4.78, 5) is 33.2. The highest BCUT2D eigenvalue weighted by Gasteiger charge is 2.21. The summed E-state index contributed by atoms with van der Waals surface area (Å²) < 4.78 is 1.47. The smallest absolute Gasteiger partial charge is 0.265 e. The van der Waals surface area contributed by atoms with Crippen molar-refractivity contribution in [3.05, 3.63) is 70.6 Å². The van der Waals surface area contributed by atoms with Crippen LogP contribution in [0.2, 0.25) is 0 Å². The van der Waals surface area contributed by atoms with Crippen LogP contribution in [0, 0.1) is 0 Å². The van der Waals surface area contributed by atoms with E-state index in [2.05, 4.69) is 17.3 Å². The Morgan fingerprint density at radius 2 is 1.83 bits per heavy atom. The lowest BCUT2D eigenvalue weighted by Crippen LogP contribution is -2.43. The average molecular weight is 386 g/mol. The van der Waals surface area contributed by atoms with Gasteiger partial charge in [-0.25, -0.2) is 4.98 Å². The first kappa shape index (κ1) is 17.8. The summed E-state index contributed by atoms with van der Waals surface area (Å²) in [5.74, 6) is -0.177. The van der Waals surface area contributed by atoms with Crippen molar-refractivity contribution in [1.82, 2.24) is 19.6 Å². The molecule has 0 radical (unpaired) electrons. The van der Waals surface area contributed by atoms with Gasteiger partial charge in [-0.05, 0) is 56.6 Å². The Kier molecular flexibility index (Phi) is 4.28. The van der Waals surface area contributed by atoms with E-state index in [4.69, 9.17) is 4.98 Å². The minimum absolute atomic E-state index is 0.145. The van der Waals surface area contributed by atoms with Crippen molar-refractivity contribution in [1.29, 1.82) is 0 Å². The van der Waals surface area contributed by atoms with E-state index in [1.807, 2.05) is 36.4 Å². The number of fused-ring (bicyclic) bond motifs is 4. The SMILES string of the molecule is CN1CCC(NC(=O)c2cccn3c(=O)c4ccc5ccccc5c4nc23)CC1. The van der Waals surface area contributed by atoms with Gasteiger partial charge in [-0.2, -0.15) is 0 Å². The second-order valence-electron chi connectivity index (χ2n) is 7.77. The van der Waals surface area contributed by atoms with E-state index in [0.29, 0.717) is 22.1 Å². The first-order chi connectivity index (χ1) is 14.1. The van der Waals surface area contributed by atoms with Crippen LogP contribution in [0.15, 0.2) is 59.5 Å². The van der Waals surface area contributed by atoms with Crippen LogP contribution in [0.1, 0.15) is 23.2 Å². The van der Waals surface area contributed by atoms with Crippen LogP contribution in [0.5, 0.6) is 0 Å². The van der Waals surface area contributed by atoms with E-state index in [1.54, 1.807) is 18.3 Å². The molecule has 2 aromatic carbocycles. The number of piperidine rings is 1. The summed E-state index contributed by atoms with van der Waals surface area (Å²) in [6.45, 7) is 1.93. The van der Waals surface area contributed by atoms with Gasteiger partial charge in [0.2, 0.25) is 0 Å². The number of carbonyl (C=O) groups is 1. The second-order valence-corrected chi connectivity index (χ2v) is 7.77. The van der Waals surface area contributed by atoms with Crippen LogP contribution in [-0.2, 0) is 0 Å². The molecule has 0 aliphatic carbocycles. The molecule has 4 aromatic rings. The maximum atomic E-state index is 13.1. The first-order valence-electron chi connectivity index (χ1n) is 9.94. The van der Waals surface area contributed by atoms with E-state index in [-0.39, 0.29) is 17.5 Å². The maximum absolute atomic E-state index is 13.1. The Morgan fingerprint density at radius 1 is 1.03 bits per heavy atom. The third kappa shape index (κ3) is 3.06. The van der Waals surface area contributed by atoms with Gasteiger partial charge in [0.15, 0.2) is 5.65 Å². The first-order valence-corrected chi connectivity index (χ1v) is 9.94. The molecule has 0 bridgehead atoms. The number of nitrogens with zero attached hydrogens (tertiary/aromatic N) is 3. The predicted octanol–water partition coefficient (Wildman–Crippen LogP) is 2.82. The van der Waals surface area contributed by atoms with Gasteiger partial charge >= 0.3 is 0 Å². The van der Waals surface area contributed by atoms with Gasteiger partial charge in [0, 0.05) is 17.6 Å². The molecule has 1 N–H and O–H groups in total. The average Bonchev–Trinajstić information content (AvgIpc) is 2.75. The summed E-state index contributed by atoms with van der Waals surface area (Å²) in [6.07, 6.45) is 3.52. The third-order valence-electron chi connectivity index (χ3n) is 5.83. The fourth-order valence-electron chi connectivity index (χ4n) is 4.16. The standard InChI is InChI=1S/C23H22N4O2/c1-26-13-10-16(11-14-26)24-22(28)19-7-4-12-27-21(19)25-20-17-6-3-2-5-15(17)8-9-18(20)23(27)29/h2-9,12,16H,10-11,13-14H2,1H3,(H,24,28). The third-order valence-corrected chi connectivity index (χ3v) is 5.83. The van der Waals surface area contributed by atoms with Crippen molar-refractivity contribution in [2.45, 2.75) is 18.9 Å². The van der Waals surface area contributed by atoms with Crippen molar-refractivity contribution < 1.29 is 4.79 Å². The van der Waals surface area contributed by atoms with Crippen molar-refractivity contribution in [3.63, 3.8) is 0 Å². The number of amides is 1. The lowest BCUT2D eigenvalue weighted by Gasteiger charge is -2.29. The van der Waals surface area contributed by atoms with Crippen LogP contribution in [0.3, 0.4) is 0 Å². The zero-order valence-corrected chi connectivity index (χ0v) is 16.3. The fraction of sp³-hybridized carbons (Fsp3) is 0.261. The highest BCUT2D eigenvalue weighted by atomic mass is 16.2. The van der Waals surface area contributed by atoms with Gasteiger partial charge in [-0.1, -0.05) is 30.3 Å². The summed E-state index contributed by atoms with van der Waals surface area (Å²) in [5, 5.41) is 5.61. The Hall–Kier alpha value is -3.25. The molecule has 1 amide bonds. The molecule has 146 valence electrons. The van der Waals surface area contributed by atoms with E-state index in [1.165, 1.54) is 4.40 Å². The van der Waals surface area contributed by atoms with Crippen LogP contribution >= 0.6 is 0 Å². The molecule has 3 heterocycles. The number of carbonyl (C=O) groups excluding carboxylic acids is 1. The summed E-state index contributed by atoms with van der Waals surface area (Å²) >= 11 is 0. The Morgan fingerprint density at radius 3 is 2.66 bits per heavy atom. The van der Waals surface area contributed by atoms with E-state index < -0.39 is 0 Å². The molecule has 2 aromatic heterocycles. The summed E-state index contributed by atoms with van der Waals surface area (Å²) in [6, 6.07) is 15.2. The van der Waals surface area contributed by atoms with Gasteiger partial charge in [0.25, 0.3) is 11.5 Å². The molecule has 29 heavy (non-hydrogen) atoms. The number of hydrogen-bond acceptors (Lipinski definition) is 4. The minimum atomic E-state index is -0.177. The molecule has 6 nitrogen and oxygen atoms in total. The van der Waals surface area contributed by atoms with Gasteiger partial charge in [0.1, 0.15) is 0 Å². The van der Waals surface area contributed by atoms with Crippen LogP contribution < -0.4 is 10.9 Å². The number of rotatable bonds is 2. The second kappa shape index (κ2) is 6.97. The minimum Gasteiger partial charge on any atom is -0.349 e. The van der Waals surface area contributed by atoms with Crippen molar-refractivity contribution in [2.75, 3.05) is 20.1 Å². The fourth-order valence-corrected chi connectivity index (χ4v) is 4.16. The highest BCUT2D eigenvalue weighted by molar-refractivity contribution is 6.07. The molecule has 6 heteroatoms. The molecule has 0 saturated carbocycles. The zero-order valence-electron chi connectivity index (χ0n) is 16.3. The lowest BCUT2D eigenvalue weighted by molar-refractivity contribution is 0.0918. The Labute approximate surface area is 167 Å². The number of nitrogens with one attached hydrogen (secondary N) is 1. The van der Waals surface area contributed by atoms with Gasteiger partial charge in [-0.15, -0.1) is 0 Å². The normalized spacial score (nSPS) is 15.9. The number of aromatic nitrogens is 2. The largest absolute Gasteiger partial charge is 0.349 e. The van der Waals surface area contributed by atoms with Gasteiger partial charge < -0.3 is 10.2 Å². The quantitative estimate of drug-likeness (QED) is 0.425. The van der Waals surface area contributed by atoms with E-state index >= 15 is 0 Å². The topological polar surface area (TPSA) is 66.7 Å². The van der Waals surface area contributed by atoms with E-state index in [9.17, 15) is 9.59 Å². The van der Waals surface area contributed by atoms with Crippen molar-refractivity contribution >= 4 is 33.2 Å². The van der Waals surface area contributed by atoms with Gasteiger partial charge in [-0.3, -0.25) is 14.0 Å². The number of hydrogen-bond donors (Lipinski definition) is 1. The molecule has 1 saturated heterocycles. The molecule has 5 rings (SSSR count). The molecule has 1 aliphatic rings. The summed E-state index contributed by atoms with van der Waals surface area (Å²) in [5.41, 5.74) is 1.29. The van der Waals surface area contributed by atoms with Gasteiger partial charge in [0.05, 0.1) is 16.5 Å². The molecule has 0 spiro atoms. The maximum Gasteiger partial charge on any atom is 0.265 e. The molecular weight excluding hydrogens is 364 g/mol. The Bertz CT molecular complexity index is 1300. The van der Waals surface area contributed by atoms with Crippen molar-refractivity contribution in [3.8, 4) is 0 Å². The summed E-state index contributed by atoms with van der Waals surface area (Å²) in [7, 11) is 2.09. The monoisotopic (exact) mass is 386 g/mol. The molecule has 1 aliphatic heterocycles. The molecule has 0 atom stereocenters. The van der Waals surface area contributed by atoms with E-state index in [0.717, 1.165) is 36.7 Å². The van der Waals surface area contributed by atoms with Crippen molar-refractivity contribution in [2.24, 2.45) is 0 Å². The predicted molar refractivity (Wildman–Crippen MR) is 114 cm³/mol. The van der Waals surface area contributed by atoms with Crippen LogP contribution in [0.25, 0.3) is 27.3 Å². The van der Waals surface area contributed by atoms with Crippen LogP contribution in [-0.4, -0.2) is 46.4 Å². The number of pyridine rings is 1. The number of likely N-dealkylation sites (tertiary alicyclic amines) is 1. The number of benzene rings is 2.